The Bertz CT molecular complexity index is 304. The van der Waals surface area contributed by atoms with Gasteiger partial charge in [-0.3, -0.25) is 0 Å². The fourth-order valence-corrected chi connectivity index (χ4v) is 1.07. The second-order valence-electron chi connectivity index (χ2n) is 2.59. The summed E-state index contributed by atoms with van der Waals surface area (Å²) in [5.74, 6) is 0. The van der Waals surface area contributed by atoms with Gasteiger partial charge in [-0.05, 0) is 25.5 Å². The molecule has 0 heterocycles. The molecule has 0 saturated heterocycles. The Morgan fingerprint density at radius 2 is 2.17 bits per heavy atom. The lowest BCUT2D eigenvalue weighted by Crippen LogP contribution is -2.00. The lowest BCUT2D eigenvalue weighted by molar-refractivity contribution is 1.26. The highest BCUT2D eigenvalue weighted by molar-refractivity contribution is 6.11. The third-order valence-corrected chi connectivity index (χ3v) is 1.67. The molecule has 12 heavy (non-hydrogen) atoms. The Labute approximate surface area is 72.7 Å². The van der Waals surface area contributed by atoms with E-state index in [1.165, 1.54) is 5.57 Å². The van der Waals surface area contributed by atoms with Crippen molar-refractivity contribution < 1.29 is 0 Å². The maximum Gasteiger partial charge on any atom is 0.0925 e. The average molecular weight is 160 g/mol. The summed E-state index contributed by atoms with van der Waals surface area (Å²) in [4.78, 5) is 0. The Kier molecular flexibility index (Phi) is 2.75. The molecule has 0 unspecified atom stereocenters. The van der Waals surface area contributed by atoms with Crippen molar-refractivity contribution in [2.75, 3.05) is 0 Å². The molecule has 0 aromatic heterocycles. The van der Waals surface area contributed by atoms with Gasteiger partial charge in [0.2, 0.25) is 0 Å². The summed E-state index contributed by atoms with van der Waals surface area (Å²) in [6.45, 7) is 7.36. The Morgan fingerprint density at radius 3 is 2.75 bits per heavy atom. The number of nitrogens with zero attached hydrogens (tertiary/aromatic N) is 2. The van der Waals surface area contributed by atoms with Crippen molar-refractivity contribution in [3.8, 4) is 0 Å². The molecule has 0 aromatic carbocycles. The maximum atomic E-state index is 3.90. The normalized spacial score (nSPS) is 23.0. The molecule has 1 rings (SSSR count). The standard InChI is InChI=1S/C10H12N2/c1-4-9-7-8(2)5-6-10(9)12-11-3/h4-7H,3H2,1-2H3/b9-4-,12-10-. The van der Waals surface area contributed by atoms with E-state index in [1.54, 1.807) is 0 Å². The zero-order valence-corrected chi connectivity index (χ0v) is 7.41. The van der Waals surface area contributed by atoms with Crippen LogP contribution in [-0.2, 0) is 0 Å². The molecule has 0 radical (unpaired) electrons. The smallest absolute Gasteiger partial charge is 0.0925 e. The summed E-state index contributed by atoms with van der Waals surface area (Å²) in [6, 6.07) is 0. The first-order valence-corrected chi connectivity index (χ1v) is 3.84. The minimum atomic E-state index is 0.873. The van der Waals surface area contributed by atoms with E-state index in [-0.39, 0.29) is 0 Å². The molecule has 0 amide bonds. The number of hydrogen-bond donors (Lipinski definition) is 0. The molecule has 0 aliphatic heterocycles. The minimum absolute atomic E-state index is 0.873. The van der Waals surface area contributed by atoms with E-state index in [4.69, 9.17) is 0 Å². The van der Waals surface area contributed by atoms with Crippen LogP contribution in [0.4, 0.5) is 0 Å². The largest absolute Gasteiger partial charge is 0.166 e. The third-order valence-electron chi connectivity index (χ3n) is 1.67. The van der Waals surface area contributed by atoms with Gasteiger partial charge in [0.1, 0.15) is 0 Å². The summed E-state index contributed by atoms with van der Waals surface area (Å²) in [7, 11) is 0. The lowest BCUT2D eigenvalue weighted by Gasteiger charge is -2.06. The zero-order chi connectivity index (χ0) is 8.97. The third kappa shape index (κ3) is 1.78. The molecule has 2 nitrogen and oxygen atoms in total. The molecule has 1 aliphatic rings. The van der Waals surface area contributed by atoms with E-state index in [0.717, 1.165) is 11.3 Å². The number of allylic oxidation sites excluding steroid dienone is 6. The van der Waals surface area contributed by atoms with E-state index >= 15 is 0 Å². The van der Waals surface area contributed by atoms with Gasteiger partial charge in [0.15, 0.2) is 0 Å². The first-order chi connectivity index (χ1) is 5.77. The fraction of sp³-hybridized carbons (Fsp3) is 0.200. The quantitative estimate of drug-likeness (QED) is 0.416. The molecule has 0 saturated carbocycles. The van der Waals surface area contributed by atoms with Crippen molar-refractivity contribution in [3.05, 3.63) is 35.5 Å². The van der Waals surface area contributed by atoms with E-state index in [0.29, 0.717) is 0 Å². The van der Waals surface area contributed by atoms with Crippen molar-refractivity contribution in [2.24, 2.45) is 10.2 Å². The van der Waals surface area contributed by atoms with Crippen LogP contribution in [0.1, 0.15) is 13.8 Å². The predicted octanol–water partition coefficient (Wildman–Crippen LogP) is 2.51. The summed E-state index contributed by atoms with van der Waals surface area (Å²) < 4.78 is 0. The highest BCUT2D eigenvalue weighted by Gasteiger charge is 2.04. The zero-order valence-electron chi connectivity index (χ0n) is 7.41. The minimum Gasteiger partial charge on any atom is -0.166 e. The molecule has 1 aliphatic carbocycles. The van der Waals surface area contributed by atoms with Crippen LogP contribution in [0, 0.1) is 0 Å². The van der Waals surface area contributed by atoms with E-state index in [1.807, 2.05) is 25.2 Å². The number of rotatable bonds is 1. The predicted molar refractivity (Wildman–Crippen MR) is 53.6 cm³/mol. The van der Waals surface area contributed by atoms with Gasteiger partial charge in [-0.15, -0.1) is 0 Å². The molecule has 0 N–H and O–H groups in total. The molecular formula is C10H12N2. The molecule has 62 valence electrons. The average Bonchev–Trinajstić information content (AvgIpc) is 2.08. The van der Waals surface area contributed by atoms with Gasteiger partial charge in [-0.1, -0.05) is 23.8 Å². The monoisotopic (exact) mass is 160 g/mol. The fourth-order valence-electron chi connectivity index (χ4n) is 1.07. The van der Waals surface area contributed by atoms with Crippen molar-refractivity contribution >= 4 is 12.4 Å². The molecular weight excluding hydrogens is 148 g/mol. The summed E-state index contributed by atoms with van der Waals surface area (Å²) >= 11 is 0. The van der Waals surface area contributed by atoms with Gasteiger partial charge in [0, 0.05) is 6.72 Å². The Hall–Kier alpha value is -1.44. The van der Waals surface area contributed by atoms with Crippen molar-refractivity contribution in [3.63, 3.8) is 0 Å². The molecule has 0 atom stereocenters. The van der Waals surface area contributed by atoms with Gasteiger partial charge in [-0.2, -0.15) is 10.2 Å². The maximum absolute atomic E-state index is 3.90. The van der Waals surface area contributed by atoms with Crippen LogP contribution in [0.15, 0.2) is 45.7 Å². The second-order valence-corrected chi connectivity index (χ2v) is 2.59. The number of hydrogen-bond acceptors (Lipinski definition) is 2. The lowest BCUT2D eigenvalue weighted by atomic mass is 10.0. The van der Waals surface area contributed by atoms with E-state index in [9.17, 15) is 0 Å². The van der Waals surface area contributed by atoms with Crippen molar-refractivity contribution in [2.45, 2.75) is 13.8 Å². The second kappa shape index (κ2) is 3.81. The van der Waals surface area contributed by atoms with E-state index < -0.39 is 0 Å². The molecule has 2 heteroatoms. The summed E-state index contributed by atoms with van der Waals surface area (Å²) in [6.07, 6.45) is 8.04. The van der Waals surface area contributed by atoms with Crippen molar-refractivity contribution in [1.29, 1.82) is 0 Å². The van der Waals surface area contributed by atoms with Gasteiger partial charge in [0.25, 0.3) is 0 Å². The highest BCUT2D eigenvalue weighted by Crippen LogP contribution is 2.13. The van der Waals surface area contributed by atoms with Gasteiger partial charge < -0.3 is 0 Å². The van der Waals surface area contributed by atoms with Crippen LogP contribution in [-0.4, -0.2) is 12.4 Å². The SMILES string of the molecule is C=N/N=C1/C=CC(C)=C/C1=C/C. The first kappa shape index (κ1) is 8.65. The summed E-state index contributed by atoms with van der Waals surface area (Å²) in [5, 5.41) is 7.40. The van der Waals surface area contributed by atoms with Crippen molar-refractivity contribution in [1.82, 2.24) is 0 Å². The van der Waals surface area contributed by atoms with E-state index in [2.05, 4.69) is 29.9 Å². The van der Waals surface area contributed by atoms with Crippen LogP contribution in [0.2, 0.25) is 0 Å². The molecule has 0 aromatic rings. The molecule has 0 fully saturated rings. The molecule has 0 bridgehead atoms. The Morgan fingerprint density at radius 1 is 1.42 bits per heavy atom. The van der Waals surface area contributed by atoms with Gasteiger partial charge in [-0.25, -0.2) is 0 Å². The van der Waals surface area contributed by atoms with Crippen LogP contribution in [0.3, 0.4) is 0 Å². The summed E-state index contributed by atoms with van der Waals surface area (Å²) in [5.41, 5.74) is 3.20. The van der Waals surface area contributed by atoms with Crippen LogP contribution >= 0.6 is 0 Å². The topological polar surface area (TPSA) is 24.7 Å². The van der Waals surface area contributed by atoms with Crippen LogP contribution < -0.4 is 0 Å². The van der Waals surface area contributed by atoms with Crippen LogP contribution in [0.25, 0.3) is 0 Å². The van der Waals surface area contributed by atoms with Gasteiger partial charge >= 0.3 is 0 Å². The first-order valence-electron chi connectivity index (χ1n) is 3.84. The molecule has 0 spiro atoms. The van der Waals surface area contributed by atoms with Crippen LogP contribution in [0.5, 0.6) is 0 Å². The van der Waals surface area contributed by atoms with Gasteiger partial charge in [0.05, 0.1) is 5.71 Å². The highest BCUT2D eigenvalue weighted by atomic mass is 15.2. The Balaban J connectivity index is 3.03.